The van der Waals surface area contributed by atoms with Crippen molar-refractivity contribution >= 4 is 18.3 Å². The topological polar surface area (TPSA) is 68.8 Å². The van der Waals surface area contributed by atoms with E-state index in [0.717, 1.165) is 63.5 Å². The molecule has 7 heteroatoms. The Kier molecular flexibility index (Phi) is 5.96. The number of fused-ring (bicyclic) bond motifs is 2. The minimum Gasteiger partial charge on any atom is -0.454 e. The Balaban J connectivity index is 0.00000205. The number of amides is 1. The lowest BCUT2D eigenvalue weighted by molar-refractivity contribution is -0.134. The quantitative estimate of drug-likeness (QED) is 0.780. The molecule has 3 aliphatic heterocycles. The number of ether oxygens (including phenoxy) is 3. The molecule has 1 aromatic rings. The van der Waals surface area contributed by atoms with Gasteiger partial charge in [-0.15, -0.1) is 12.4 Å². The predicted octanol–water partition coefficient (Wildman–Crippen LogP) is 2.78. The number of halogens is 1. The van der Waals surface area contributed by atoms with E-state index in [1.807, 2.05) is 6.07 Å². The molecule has 1 saturated carbocycles. The number of benzene rings is 1. The van der Waals surface area contributed by atoms with E-state index >= 15 is 0 Å². The summed E-state index contributed by atoms with van der Waals surface area (Å²) in [5, 5.41) is 6.87. The smallest absolute Gasteiger partial charge is 0.231 e. The fraction of sp³-hybridized carbons (Fsp3) is 0.682. The molecule has 3 fully saturated rings. The van der Waals surface area contributed by atoms with Gasteiger partial charge in [-0.2, -0.15) is 0 Å². The molecule has 0 bridgehead atoms. The molecule has 160 valence electrons. The second kappa shape index (κ2) is 8.32. The van der Waals surface area contributed by atoms with Gasteiger partial charge in [-0.3, -0.25) is 4.79 Å². The molecule has 0 spiro atoms. The predicted molar refractivity (Wildman–Crippen MR) is 112 cm³/mol. The van der Waals surface area contributed by atoms with Gasteiger partial charge < -0.3 is 24.8 Å². The maximum atomic E-state index is 13.4. The lowest BCUT2D eigenvalue weighted by Crippen LogP contribution is -2.52. The van der Waals surface area contributed by atoms with Gasteiger partial charge in [0.15, 0.2) is 11.5 Å². The zero-order valence-corrected chi connectivity index (χ0v) is 17.7. The highest BCUT2D eigenvalue weighted by atomic mass is 35.5. The number of carbonyl (C=O) groups excluding carboxylic acids is 1. The minimum absolute atomic E-state index is 0. The maximum Gasteiger partial charge on any atom is 0.231 e. The first-order valence-electron chi connectivity index (χ1n) is 10.7. The summed E-state index contributed by atoms with van der Waals surface area (Å²) in [6.45, 7) is 4.18. The second-order valence-corrected chi connectivity index (χ2v) is 8.87. The molecule has 6 nitrogen and oxygen atoms in total. The lowest BCUT2D eigenvalue weighted by atomic mass is 9.67. The van der Waals surface area contributed by atoms with Gasteiger partial charge in [-0.05, 0) is 55.8 Å². The van der Waals surface area contributed by atoms with Crippen molar-refractivity contribution in [3.63, 3.8) is 0 Å². The van der Waals surface area contributed by atoms with Crippen molar-refractivity contribution in [2.75, 3.05) is 39.6 Å². The number of nitrogens with one attached hydrogen (secondary N) is 2. The van der Waals surface area contributed by atoms with Crippen LogP contribution in [0.4, 0.5) is 0 Å². The van der Waals surface area contributed by atoms with Crippen LogP contribution in [-0.2, 0) is 14.9 Å². The third-order valence-electron chi connectivity index (χ3n) is 7.51. The molecule has 0 radical (unpaired) electrons. The fourth-order valence-corrected chi connectivity index (χ4v) is 5.67. The molecule has 5 rings (SSSR count). The zero-order valence-electron chi connectivity index (χ0n) is 16.8. The lowest BCUT2D eigenvalue weighted by Gasteiger charge is -2.41. The van der Waals surface area contributed by atoms with Gasteiger partial charge >= 0.3 is 0 Å². The van der Waals surface area contributed by atoms with Gasteiger partial charge in [0, 0.05) is 31.7 Å². The zero-order chi connectivity index (χ0) is 19.0. The molecular weight excluding hydrogens is 392 g/mol. The van der Waals surface area contributed by atoms with Crippen LogP contribution in [-0.4, -0.2) is 45.5 Å². The van der Waals surface area contributed by atoms with E-state index in [0.29, 0.717) is 12.5 Å². The highest BCUT2D eigenvalue weighted by Crippen LogP contribution is 2.45. The molecule has 1 aromatic carbocycles. The van der Waals surface area contributed by atoms with E-state index in [1.54, 1.807) is 0 Å². The van der Waals surface area contributed by atoms with Gasteiger partial charge in [0.05, 0.1) is 5.41 Å². The average Bonchev–Trinajstić information content (AvgIpc) is 3.39. The monoisotopic (exact) mass is 422 g/mol. The molecule has 2 N–H and O–H groups in total. The Bertz CT molecular complexity index is 752. The highest BCUT2D eigenvalue weighted by Gasteiger charge is 2.50. The van der Waals surface area contributed by atoms with Gasteiger partial charge in [0.1, 0.15) is 0 Å². The summed E-state index contributed by atoms with van der Waals surface area (Å²) >= 11 is 0. The normalized spacial score (nSPS) is 29.6. The van der Waals surface area contributed by atoms with Crippen LogP contribution in [0, 0.1) is 11.3 Å². The van der Waals surface area contributed by atoms with Crippen molar-refractivity contribution in [1.82, 2.24) is 10.6 Å². The van der Waals surface area contributed by atoms with E-state index in [9.17, 15) is 4.79 Å². The molecule has 2 saturated heterocycles. The van der Waals surface area contributed by atoms with Gasteiger partial charge in [0.25, 0.3) is 0 Å². The first-order chi connectivity index (χ1) is 13.7. The summed E-state index contributed by atoms with van der Waals surface area (Å²) in [7, 11) is 0. The van der Waals surface area contributed by atoms with Crippen LogP contribution in [0.1, 0.15) is 44.1 Å². The Labute approximate surface area is 178 Å². The Morgan fingerprint density at radius 2 is 1.97 bits per heavy atom. The largest absolute Gasteiger partial charge is 0.454 e. The SMILES string of the molecule is Cl.O=C(NCC1(c2ccc3c(c2)OCO3)CCOCC1)[C@@]12CCCC[C@H]1CNC2. The molecule has 2 atom stereocenters. The van der Waals surface area contributed by atoms with E-state index in [2.05, 4.69) is 22.8 Å². The molecule has 4 aliphatic rings. The van der Waals surface area contributed by atoms with Crippen molar-refractivity contribution in [2.45, 2.75) is 43.9 Å². The molecule has 1 amide bonds. The summed E-state index contributed by atoms with van der Waals surface area (Å²) in [4.78, 5) is 13.4. The molecule has 3 heterocycles. The first kappa shape index (κ1) is 20.8. The minimum atomic E-state index is -0.209. The van der Waals surface area contributed by atoms with E-state index < -0.39 is 0 Å². The van der Waals surface area contributed by atoms with E-state index in [1.165, 1.54) is 18.4 Å². The second-order valence-electron chi connectivity index (χ2n) is 8.87. The number of hydrogen-bond acceptors (Lipinski definition) is 5. The van der Waals surface area contributed by atoms with Crippen LogP contribution in [0.25, 0.3) is 0 Å². The first-order valence-corrected chi connectivity index (χ1v) is 10.7. The molecule has 29 heavy (non-hydrogen) atoms. The Morgan fingerprint density at radius 3 is 2.83 bits per heavy atom. The van der Waals surface area contributed by atoms with Gasteiger partial charge in [-0.25, -0.2) is 0 Å². The van der Waals surface area contributed by atoms with E-state index in [4.69, 9.17) is 14.2 Å². The van der Waals surface area contributed by atoms with E-state index in [-0.39, 0.29) is 35.9 Å². The molecule has 0 unspecified atom stereocenters. The molecule has 0 aromatic heterocycles. The summed E-state index contributed by atoms with van der Waals surface area (Å²) in [6, 6.07) is 6.22. The Hall–Kier alpha value is -1.50. The van der Waals surface area contributed by atoms with Gasteiger partial charge in [-0.1, -0.05) is 18.9 Å². The molecule has 1 aliphatic carbocycles. The average molecular weight is 423 g/mol. The van der Waals surface area contributed by atoms with Crippen LogP contribution < -0.4 is 20.1 Å². The fourth-order valence-electron chi connectivity index (χ4n) is 5.67. The van der Waals surface area contributed by atoms with Crippen LogP contribution in [0.15, 0.2) is 18.2 Å². The Morgan fingerprint density at radius 1 is 1.14 bits per heavy atom. The number of rotatable bonds is 4. The highest BCUT2D eigenvalue weighted by molar-refractivity contribution is 5.85. The van der Waals surface area contributed by atoms with Crippen LogP contribution in [0.5, 0.6) is 11.5 Å². The van der Waals surface area contributed by atoms with Crippen LogP contribution in [0.2, 0.25) is 0 Å². The van der Waals surface area contributed by atoms with Crippen molar-refractivity contribution in [1.29, 1.82) is 0 Å². The summed E-state index contributed by atoms with van der Waals surface area (Å²) in [5.41, 5.74) is 0.892. The third kappa shape index (κ3) is 3.60. The van der Waals surface area contributed by atoms with Crippen LogP contribution >= 0.6 is 12.4 Å². The summed E-state index contributed by atoms with van der Waals surface area (Å²) in [6.07, 6.45) is 6.40. The number of hydrogen-bond donors (Lipinski definition) is 2. The van der Waals surface area contributed by atoms with Crippen molar-refractivity contribution in [3.05, 3.63) is 23.8 Å². The maximum absolute atomic E-state index is 13.4. The van der Waals surface area contributed by atoms with Crippen molar-refractivity contribution in [2.24, 2.45) is 11.3 Å². The summed E-state index contributed by atoms with van der Waals surface area (Å²) < 4.78 is 16.7. The van der Waals surface area contributed by atoms with Crippen LogP contribution in [0.3, 0.4) is 0 Å². The third-order valence-corrected chi connectivity index (χ3v) is 7.51. The van der Waals surface area contributed by atoms with Crippen molar-refractivity contribution < 1.29 is 19.0 Å². The van der Waals surface area contributed by atoms with Crippen molar-refractivity contribution in [3.8, 4) is 11.5 Å². The molecular formula is C22H31ClN2O4. The number of carbonyl (C=O) groups is 1. The standard InChI is InChI=1S/C22H30N2O4.ClH/c25-20(22-6-2-1-3-17(22)12-23-14-22)24-13-21(7-9-26-10-8-21)16-4-5-18-19(11-16)28-15-27-18;/h4-5,11,17,23H,1-3,6-10,12-15H2,(H,24,25);1H/t17-,22+;/m0./s1. The summed E-state index contributed by atoms with van der Waals surface area (Å²) in [5.74, 6) is 2.34. The van der Waals surface area contributed by atoms with Gasteiger partial charge in [0.2, 0.25) is 12.7 Å².